The third-order valence-electron chi connectivity index (χ3n) is 5.42. The van der Waals surface area contributed by atoms with Gasteiger partial charge in [-0.15, -0.1) is 11.3 Å². The summed E-state index contributed by atoms with van der Waals surface area (Å²) in [5.41, 5.74) is 2.77. The van der Waals surface area contributed by atoms with Crippen LogP contribution in [-0.2, 0) is 0 Å². The minimum absolute atomic E-state index is 0.0754. The number of hydrogen-bond acceptors (Lipinski definition) is 5. The molecular weight excluding hydrogens is 428 g/mol. The summed E-state index contributed by atoms with van der Waals surface area (Å²) in [6, 6.07) is 15.5. The molecule has 0 unspecified atom stereocenters. The van der Waals surface area contributed by atoms with Gasteiger partial charge < -0.3 is 10.3 Å². The van der Waals surface area contributed by atoms with Crippen LogP contribution in [0.2, 0.25) is 5.02 Å². The van der Waals surface area contributed by atoms with Gasteiger partial charge in [-0.1, -0.05) is 23.7 Å². The molecule has 0 fully saturated rings. The van der Waals surface area contributed by atoms with Gasteiger partial charge in [0.15, 0.2) is 0 Å². The van der Waals surface area contributed by atoms with E-state index in [0.717, 1.165) is 15.8 Å². The van der Waals surface area contributed by atoms with E-state index in [1.807, 2.05) is 62.6 Å². The van der Waals surface area contributed by atoms with Crippen molar-refractivity contribution in [3.63, 3.8) is 0 Å². The van der Waals surface area contributed by atoms with Crippen LogP contribution in [0.25, 0.3) is 26.2 Å². The molecule has 0 aliphatic heterocycles. The molecule has 0 bridgehead atoms. The highest BCUT2D eigenvalue weighted by atomic mass is 35.5. The highest BCUT2D eigenvalue weighted by Gasteiger charge is 2.13. The first-order chi connectivity index (χ1) is 14.8. The van der Waals surface area contributed by atoms with Gasteiger partial charge >= 0.3 is 0 Å². The molecule has 0 aliphatic rings. The molecule has 3 heterocycles. The second-order valence-corrected chi connectivity index (χ2v) is 9.28. The highest BCUT2D eigenvalue weighted by molar-refractivity contribution is 7.22. The monoisotopic (exact) mass is 450 g/mol. The van der Waals surface area contributed by atoms with E-state index in [9.17, 15) is 4.79 Å². The van der Waals surface area contributed by atoms with Crippen LogP contribution in [0, 0.1) is 5.41 Å². The third kappa shape index (κ3) is 4.46. The molecule has 0 aliphatic carbocycles. The molecule has 0 saturated carbocycles. The zero-order chi connectivity index (χ0) is 22.1. The average molecular weight is 451 g/mol. The molecule has 7 heteroatoms. The fraction of sp³-hybridized carbons (Fsp3) is 0.208. The summed E-state index contributed by atoms with van der Waals surface area (Å²) >= 11 is 7.46. The van der Waals surface area contributed by atoms with Crippen LogP contribution in [0.3, 0.4) is 0 Å². The number of fused-ring (bicyclic) bond motifs is 1. The largest absolute Gasteiger partial charge is 0.306 e. The normalized spacial score (nSPS) is 12.4. The van der Waals surface area contributed by atoms with Crippen molar-refractivity contribution in [2.45, 2.75) is 19.4 Å². The maximum absolute atomic E-state index is 13.1. The summed E-state index contributed by atoms with van der Waals surface area (Å²) < 4.78 is 2.30. The Labute approximate surface area is 190 Å². The van der Waals surface area contributed by atoms with E-state index in [0.29, 0.717) is 33.2 Å². The fourth-order valence-electron chi connectivity index (χ4n) is 3.28. The number of benzene rings is 1. The van der Waals surface area contributed by atoms with Gasteiger partial charge in [-0.3, -0.25) is 14.3 Å². The Hall–Kier alpha value is -2.80. The van der Waals surface area contributed by atoms with Gasteiger partial charge in [0.2, 0.25) is 0 Å². The molecule has 4 aromatic rings. The summed E-state index contributed by atoms with van der Waals surface area (Å²) in [4.78, 5) is 20.7. The van der Waals surface area contributed by atoms with Gasteiger partial charge in [0.05, 0.1) is 23.3 Å². The molecular formula is C24H23ClN4OS. The predicted octanol–water partition coefficient (Wildman–Crippen LogP) is 5.48. The van der Waals surface area contributed by atoms with E-state index in [1.54, 1.807) is 17.0 Å². The second kappa shape index (κ2) is 8.75. The number of pyridine rings is 2. The van der Waals surface area contributed by atoms with Gasteiger partial charge in [-0.25, -0.2) is 0 Å². The lowest BCUT2D eigenvalue weighted by atomic mass is 10.1. The number of nitrogens with zero attached hydrogens (tertiary/aromatic N) is 3. The maximum Gasteiger partial charge on any atom is 0.273 e. The van der Waals surface area contributed by atoms with Gasteiger partial charge in [0.25, 0.3) is 5.56 Å². The highest BCUT2D eigenvalue weighted by Crippen LogP contribution is 2.32. The Kier molecular flexibility index (Phi) is 6.05. The van der Waals surface area contributed by atoms with Gasteiger partial charge in [-0.2, -0.15) is 0 Å². The van der Waals surface area contributed by atoms with Crippen molar-refractivity contribution < 1.29 is 0 Å². The molecule has 5 nitrogen and oxygen atoms in total. The first-order valence-corrected chi connectivity index (χ1v) is 11.1. The van der Waals surface area contributed by atoms with Crippen LogP contribution in [-0.4, -0.2) is 40.3 Å². The minimum atomic E-state index is -0.0754. The summed E-state index contributed by atoms with van der Waals surface area (Å²) in [5.74, 6) is 0. The summed E-state index contributed by atoms with van der Waals surface area (Å²) in [5, 5.41) is 9.92. The van der Waals surface area contributed by atoms with E-state index in [1.165, 1.54) is 11.3 Å². The quantitative estimate of drug-likeness (QED) is 0.396. The molecule has 0 amide bonds. The lowest BCUT2D eigenvalue weighted by molar-refractivity contribution is 0.321. The topological polar surface area (TPSA) is 62.0 Å². The van der Waals surface area contributed by atoms with E-state index >= 15 is 0 Å². The van der Waals surface area contributed by atoms with Crippen molar-refractivity contribution in [1.82, 2.24) is 14.5 Å². The number of aromatic nitrogens is 2. The summed E-state index contributed by atoms with van der Waals surface area (Å²) in [6.07, 6.45) is 4.05. The Bertz CT molecular complexity index is 1290. The van der Waals surface area contributed by atoms with Gasteiger partial charge in [-0.05, 0) is 63.0 Å². The Morgan fingerprint density at radius 3 is 2.58 bits per heavy atom. The zero-order valence-corrected chi connectivity index (χ0v) is 19.2. The van der Waals surface area contributed by atoms with E-state index in [2.05, 4.69) is 16.8 Å². The molecule has 4 rings (SSSR count). The van der Waals surface area contributed by atoms with Crippen LogP contribution in [0.5, 0.6) is 0 Å². The van der Waals surface area contributed by atoms with Crippen molar-refractivity contribution in [3.8, 4) is 16.1 Å². The Balaban J connectivity index is 1.64. The number of halogens is 1. The average Bonchev–Trinajstić information content (AvgIpc) is 3.20. The molecule has 158 valence electrons. The zero-order valence-electron chi connectivity index (χ0n) is 17.6. The lowest BCUT2D eigenvalue weighted by Crippen LogP contribution is -2.27. The summed E-state index contributed by atoms with van der Waals surface area (Å²) in [6.45, 7) is 2.08. The number of rotatable bonds is 6. The predicted molar refractivity (Wildman–Crippen MR) is 130 cm³/mol. The second-order valence-electron chi connectivity index (χ2n) is 7.79. The van der Waals surface area contributed by atoms with Crippen LogP contribution >= 0.6 is 22.9 Å². The molecule has 0 saturated heterocycles. The van der Waals surface area contributed by atoms with Crippen LogP contribution in [0.1, 0.15) is 19.0 Å². The Morgan fingerprint density at radius 2 is 1.94 bits per heavy atom. The van der Waals surface area contributed by atoms with Crippen molar-refractivity contribution in [2.24, 2.45) is 0 Å². The van der Waals surface area contributed by atoms with Crippen LogP contribution < -0.4 is 5.56 Å². The van der Waals surface area contributed by atoms with E-state index in [4.69, 9.17) is 17.0 Å². The molecule has 0 radical (unpaired) electrons. The van der Waals surface area contributed by atoms with Crippen molar-refractivity contribution in [3.05, 3.63) is 82.0 Å². The maximum atomic E-state index is 13.1. The summed E-state index contributed by atoms with van der Waals surface area (Å²) in [7, 11) is 4.00. The smallest absolute Gasteiger partial charge is 0.273 e. The third-order valence-corrected chi connectivity index (χ3v) is 6.86. The van der Waals surface area contributed by atoms with Crippen LogP contribution in [0.15, 0.2) is 65.7 Å². The van der Waals surface area contributed by atoms with Crippen molar-refractivity contribution in [2.75, 3.05) is 14.1 Å². The molecule has 3 aromatic heterocycles. The SMILES string of the molecule is C[C@H](CC(=N)c1ccc(-n2ccc3cc(-c4ccc(Cl)cc4)sc3c2=O)cn1)N(C)C. The number of hydrogen-bond donors (Lipinski definition) is 1. The molecule has 0 spiro atoms. The minimum Gasteiger partial charge on any atom is -0.306 e. The van der Waals surface area contributed by atoms with Crippen LogP contribution in [0.4, 0.5) is 0 Å². The number of nitrogens with one attached hydrogen (secondary N) is 1. The lowest BCUT2D eigenvalue weighted by Gasteiger charge is -2.19. The number of thiophene rings is 1. The van der Waals surface area contributed by atoms with E-state index in [-0.39, 0.29) is 11.6 Å². The fourth-order valence-corrected chi connectivity index (χ4v) is 4.49. The van der Waals surface area contributed by atoms with Crippen molar-refractivity contribution in [1.29, 1.82) is 5.41 Å². The molecule has 31 heavy (non-hydrogen) atoms. The molecule has 1 aromatic carbocycles. The first-order valence-electron chi connectivity index (χ1n) is 9.95. The Morgan fingerprint density at radius 1 is 1.19 bits per heavy atom. The standard InChI is InChI=1S/C24H23ClN4OS/c1-15(28(2)3)12-20(26)21-9-8-19(14-27-21)29-11-10-17-13-22(31-23(17)24(29)30)16-4-6-18(25)7-5-16/h4-11,13-15,26H,12H2,1-3H3/t15-/m1/s1. The van der Waals surface area contributed by atoms with Gasteiger partial charge in [0, 0.05) is 33.9 Å². The van der Waals surface area contributed by atoms with Crippen molar-refractivity contribution >= 4 is 38.7 Å². The molecule has 1 N–H and O–H groups in total. The first kappa shape index (κ1) is 21.4. The molecule has 1 atom stereocenters. The van der Waals surface area contributed by atoms with E-state index < -0.39 is 0 Å². The van der Waals surface area contributed by atoms with Gasteiger partial charge in [0.1, 0.15) is 4.70 Å².